The molecule has 7 heteroatoms. The highest BCUT2D eigenvalue weighted by Crippen LogP contribution is 2.32. The summed E-state index contributed by atoms with van der Waals surface area (Å²) in [5.74, 6) is 2.03. The van der Waals surface area contributed by atoms with Crippen LogP contribution in [0.25, 0.3) is 0 Å². The molecule has 0 radical (unpaired) electrons. The van der Waals surface area contributed by atoms with Gasteiger partial charge in [-0.1, -0.05) is 0 Å². The van der Waals surface area contributed by atoms with E-state index in [0.717, 1.165) is 43.1 Å². The van der Waals surface area contributed by atoms with Gasteiger partial charge in [-0.05, 0) is 32.8 Å². The fraction of sp³-hybridized carbons (Fsp3) is 0.600. The van der Waals surface area contributed by atoms with Crippen molar-refractivity contribution in [3.8, 4) is 0 Å². The number of aromatic nitrogens is 5. The minimum Gasteiger partial charge on any atom is -0.329 e. The van der Waals surface area contributed by atoms with Crippen LogP contribution in [0.1, 0.15) is 40.7 Å². The van der Waals surface area contributed by atoms with Gasteiger partial charge in [0.2, 0.25) is 0 Å². The highest BCUT2D eigenvalue weighted by molar-refractivity contribution is 5.93. The van der Waals surface area contributed by atoms with Crippen LogP contribution < -0.4 is 0 Å². The second kappa shape index (κ2) is 4.66. The molecular weight excluding hydrogens is 280 g/mol. The van der Waals surface area contributed by atoms with E-state index in [0.29, 0.717) is 5.69 Å². The Bertz CT molecular complexity index is 745. The molecule has 2 aromatic heterocycles. The fourth-order valence-corrected chi connectivity index (χ4v) is 3.85. The molecule has 2 unspecified atom stereocenters. The van der Waals surface area contributed by atoms with Gasteiger partial charge >= 0.3 is 0 Å². The molecule has 2 atom stereocenters. The summed E-state index contributed by atoms with van der Waals surface area (Å²) in [4.78, 5) is 15.1. The molecule has 1 saturated heterocycles. The van der Waals surface area contributed by atoms with Crippen LogP contribution >= 0.6 is 0 Å². The maximum absolute atomic E-state index is 13.0. The zero-order chi connectivity index (χ0) is 15.4. The number of fused-ring (bicyclic) bond motifs is 3. The number of nitrogens with zero attached hydrogens (tertiary/aromatic N) is 6. The summed E-state index contributed by atoms with van der Waals surface area (Å²) in [6.45, 7) is 4.69. The Morgan fingerprint density at radius 3 is 2.73 bits per heavy atom. The lowest BCUT2D eigenvalue weighted by molar-refractivity contribution is 0.0654. The third kappa shape index (κ3) is 1.88. The quantitative estimate of drug-likeness (QED) is 0.783. The zero-order valence-electron chi connectivity index (χ0n) is 13.2. The van der Waals surface area contributed by atoms with Crippen LogP contribution in [0.4, 0.5) is 0 Å². The molecule has 116 valence electrons. The fourth-order valence-electron chi connectivity index (χ4n) is 3.85. The van der Waals surface area contributed by atoms with Gasteiger partial charge < -0.3 is 9.47 Å². The molecule has 0 saturated carbocycles. The lowest BCUT2D eigenvalue weighted by Gasteiger charge is -2.27. The van der Waals surface area contributed by atoms with Gasteiger partial charge in [0.1, 0.15) is 17.3 Å². The number of carbonyl (C=O) groups excluding carboxylic acids is 1. The Kier molecular flexibility index (Phi) is 2.85. The predicted molar refractivity (Wildman–Crippen MR) is 79.4 cm³/mol. The lowest BCUT2D eigenvalue weighted by atomic mass is 10.1. The minimum absolute atomic E-state index is 0.0898. The Morgan fingerprint density at radius 1 is 1.23 bits per heavy atom. The smallest absolute Gasteiger partial charge is 0.272 e. The maximum Gasteiger partial charge on any atom is 0.272 e. The van der Waals surface area contributed by atoms with Crippen molar-refractivity contribution in [1.29, 1.82) is 0 Å². The van der Waals surface area contributed by atoms with Crippen molar-refractivity contribution in [2.45, 2.75) is 51.7 Å². The van der Waals surface area contributed by atoms with Crippen LogP contribution in [0.15, 0.2) is 6.07 Å². The first-order chi connectivity index (χ1) is 10.5. The monoisotopic (exact) mass is 300 g/mol. The molecule has 0 aromatic carbocycles. The summed E-state index contributed by atoms with van der Waals surface area (Å²) in [7, 11) is 1.83. The minimum atomic E-state index is 0.0898. The third-order valence-corrected chi connectivity index (χ3v) is 4.90. The van der Waals surface area contributed by atoms with Crippen molar-refractivity contribution in [2.75, 3.05) is 0 Å². The van der Waals surface area contributed by atoms with Crippen molar-refractivity contribution in [1.82, 2.24) is 29.4 Å². The number of aryl methyl sites for hydroxylation is 3. The van der Waals surface area contributed by atoms with Crippen molar-refractivity contribution >= 4 is 5.91 Å². The Balaban J connectivity index is 1.69. The van der Waals surface area contributed by atoms with E-state index in [1.165, 1.54) is 0 Å². The predicted octanol–water partition coefficient (Wildman–Crippen LogP) is 0.858. The molecule has 2 aromatic rings. The van der Waals surface area contributed by atoms with Crippen molar-refractivity contribution in [3.63, 3.8) is 0 Å². The summed E-state index contributed by atoms with van der Waals surface area (Å²) in [5, 5.41) is 12.8. The Hall–Kier alpha value is -2.18. The first-order valence-corrected chi connectivity index (χ1v) is 7.76. The van der Waals surface area contributed by atoms with Gasteiger partial charge in [0, 0.05) is 26.1 Å². The van der Waals surface area contributed by atoms with E-state index in [-0.39, 0.29) is 18.0 Å². The standard InChI is InChI=1S/C15H20N6O/c1-9-6-13(19(3)18-9)15(22)21-11-4-5-12(21)8-20-10(2)16-17-14(20)7-11/h6,11-12H,4-5,7-8H2,1-3H3. The number of rotatable bonds is 1. The molecular formula is C15H20N6O. The number of amides is 1. The van der Waals surface area contributed by atoms with E-state index in [1.807, 2.05) is 27.0 Å². The van der Waals surface area contributed by atoms with Crippen molar-refractivity contribution in [3.05, 3.63) is 29.1 Å². The van der Waals surface area contributed by atoms with Crippen LogP contribution in [0.3, 0.4) is 0 Å². The third-order valence-electron chi connectivity index (χ3n) is 4.90. The van der Waals surface area contributed by atoms with Crippen LogP contribution in [0.2, 0.25) is 0 Å². The van der Waals surface area contributed by atoms with Crippen LogP contribution in [0, 0.1) is 13.8 Å². The second-order valence-corrected chi connectivity index (χ2v) is 6.37. The zero-order valence-corrected chi connectivity index (χ0v) is 13.2. The largest absolute Gasteiger partial charge is 0.329 e. The summed E-state index contributed by atoms with van der Waals surface area (Å²) in [6, 6.07) is 2.32. The van der Waals surface area contributed by atoms with Gasteiger partial charge in [-0.2, -0.15) is 5.10 Å². The molecule has 22 heavy (non-hydrogen) atoms. The molecule has 2 bridgehead atoms. The van der Waals surface area contributed by atoms with E-state index >= 15 is 0 Å². The molecule has 1 fully saturated rings. The maximum atomic E-state index is 13.0. The molecule has 0 aliphatic carbocycles. The van der Waals surface area contributed by atoms with Gasteiger partial charge in [0.25, 0.3) is 5.91 Å². The summed E-state index contributed by atoms with van der Waals surface area (Å²) in [6.07, 6.45) is 2.88. The summed E-state index contributed by atoms with van der Waals surface area (Å²) >= 11 is 0. The number of carbonyl (C=O) groups is 1. The van der Waals surface area contributed by atoms with Crippen LogP contribution in [-0.2, 0) is 20.0 Å². The molecule has 0 spiro atoms. The number of hydrogen-bond acceptors (Lipinski definition) is 4. The number of hydrogen-bond donors (Lipinski definition) is 0. The van der Waals surface area contributed by atoms with Crippen LogP contribution in [-0.4, -0.2) is 47.4 Å². The van der Waals surface area contributed by atoms with Crippen molar-refractivity contribution < 1.29 is 4.79 Å². The topological polar surface area (TPSA) is 68.8 Å². The van der Waals surface area contributed by atoms with Crippen molar-refractivity contribution in [2.24, 2.45) is 7.05 Å². The highest BCUT2D eigenvalue weighted by atomic mass is 16.2. The molecule has 4 rings (SSSR count). The van der Waals surface area contributed by atoms with Gasteiger partial charge in [0.05, 0.1) is 11.7 Å². The van der Waals surface area contributed by atoms with E-state index < -0.39 is 0 Å². The normalized spacial score (nSPS) is 23.5. The molecule has 1 amide bonds. The van der Waals surface area contributed by atoms with Gasteiger partial charge in [-0.25, -0.2) is 0 Å². The van der Waals surface area contributed by atoms with Gasteiger partial charge in [0.15, 0.2) is 0 Å². The van der Waals surface area contributed by atoms with E-state index in [4.69, 9.17) is 0 Å². The summed E-state index contributed by atoms with van der Waals surface area (Å²) in [5.41, 5.74) is 1.55. The van der Waals surface area contributed by atoms with Gasteiger partial charge in [-0.3, -0.25) is 9.48 Å². The molecule has 2 aliphatic heterocycles. The van der Waals surface area contributed by atoms with E-state index in [9.17, 15) is 4.79 Å². The van der Waals surface area contributed by atoms with Crippen LogP contribution in [0.5, 0.6) is 0 Å². The lowest BCUT2D eigenvalue weighted by Crippen LogP contribution is -2.42. The Labute approximate surface area is 128 Å². The molecule has 2 aliphatic rings. The Morgan fingerprint density at radius 2 is 2.00 bits per heavy atom. The average Bonchev–Trinajstić information content (AvgIpc) is 3.06. The van der Waals surface area contributed by atoms with E-state index in [2.05, 4.69) is 24.8 Å². The average molecular weight is 300 g/mol. The molecule has 0 N–H and O–H groups in total. The first-order valence-electron chi connectivity index (χ1n) is 7.76. The highest BCUT2D eigenvalue weighted by Gasteiger charge is 2.41. The van der Waals surface area contributed by atoms with E-state index in [1.54, 1.807) is 4.68 Å². The second-order valence-electron chi connectivity index (χ2n) is 6.37. The van der Waals surface area contributed by atoms with Gasteiger partial charge in [-0.15, -0.1) is 10.2 Å². The molecule has 7 nitrogen and oxygen atoms in total. The summed E-state index contributed by atoms with van der Waals surface area (Å²) < 4.78 is 3.85. The first kappa shape index (κ1) is 13.5. The molecule has 4 heterocycles. The SMILES string of the molecule is Cc1cc(C(=O)N2C3CCC2Cn2c(C)nnc2C3)n(C)n1.